The molecule has 1 N–H and O–H groups in total. The zero-order valence-corrected chi connectivity index (χ0v) is 13.4. The zero-order chi connectivity index (χ0) is 16.8. The Morgan fingerprint density at radius 2 is 1.88 bits per heavy atom. The van der Waals surface area contributed by atoms with E-state index in [0.29, 0.717) is 30.2 Å². The molecular weight excluding hydrogens is 304 g/mol. The summed E-state index contributed by atoms with van der Waals surface area (Å²) in [5.74, 6) is 1.27. The van der Waals surface area contributed by atoms with Crippen LogP contribution in [-0.4, -0.2) is 17.7 Å². The fraction of sp³-hybridized carbons (Fsp3) is 0.158. The van der Waals surface area contributed by atoms with Crippen molar-refractivity contribution >= 4 is 5.91 Å². The minimum absolute atomic E-state index is 0.165. The number of rotatable bonds is 6. The number of benzene rings is 2. The van der Waals surface area contributed by atoms with Crippen molar-refractivity contribution in [3.05, 3.63) is 71.9 Å². The van der Waals surface area contributed by atoms with Gasteiger partial charge in [0.05, 0.1) is 13.2 Å². The molecular formula is C19H18N2O3. The standard InChI is InChI=1S/C19H18N2O3/c1-2-23-17-10-8-15(9-11-17)19(22)20-13-16-12-18(24-21-16)14-6-4-3-5-7-14/h3-12H,2,13H2,1H3,(H,20,22). The molecule has 24 heavy (non-hydrogen) atoms. The summed E-state index contributed by atoms with van der Waals surface area (Å²) in [5, 5.41) is 6.82. The van der Waals surface area contributed by atoms with Crippen LogP contribution in [-0.2, 0) is 6.54 Å². The molecule has 0 aliphatic carbocycles. The van der Waals surface area contributed by atoms with Crippen LogP contribution in [0.25, 0.3) is 11.3 Å². The van der Waals surface area contributed by atoms with Gasteiger partial charge in [0.25, 0.3) is 5.91 Å². The van der Waals surface area contributed by atoms with E-state index in [1.54, 1.807) is 24.3 Å². The Morgan fingerprint density at radius 1 is 1.12 bits per heavy atom. The lowest BCUT2D eigenvalue weighted by Gasteiger charge is -2.05. The van der Waals surface area contributed by atoms with Crippen LogP contribution >= 0.6 is 0 Å². The van der Waals surface area contributed by atoms with Crippen molar-refractivity contribution in [3.63, 3.8) is 0 Å². The van der Waals surface area contributed by atoms with Crippen molar-refractivity contribution in [3.8, 4) is 17.1 Å². The summed E-state index contributed by atoms with van der Waals surface area (Å²) >= 11 is 0. The van der Waals surface area contributed by atoms with Gasteiger partial charge in [-0.15, -0.1) is 0 Å². The van der Waals surface area contributed by atoms with E-state index in [1.807, 2.05) is 43.3 Å². The third-order valence-electron chi connectivity index (χ3n) is 3.47. The average molecular weight is 322 g/mol. The lowest BCUT2D eigenvalue weighted by molar-refractivity contribution is 0.0950. The molecule has 0 atom stereocenters. The maximum Gasteiger partial charge on any atom is 0.251 e. The number of nitrogens with one attached hydrogen (secondary N) is 1. The molecule has 1 amide bonds. The van der Waals surface area contributed by atoms with E-state index in [2.05, 4.69) is 10.5 Å². The van der Waals surface area contributed by atoms with Gasteiger partial charge in [-0.2, -0.15) is 0 Å². The van der Waals surface area contributed by atoms with Crippen molar-refractivity contribution in [1.82, 2.24) is 10.5 Å². The molecule has 3 rings (SSSR count). The summed E-state index contributed by atoms with van der Waals surface area (Å²) in [5.41, 5.74) is 2.20. The van der Waals surface area contributed by atoms with Gasteiger partial charge >= 0.3 is 0 Å². The Labute approximate surface area is 140 Å². The fourth-order valence-corrected chi connectivity index (χ4v) is 2.28. The third-order valence-corrected chi connectivity index (χ3v) is 3.47. The minimum atomic E-state index is -0.165. The quantitative estimate of drug-likeness (QED) is 0.752. The van der Waals surface area contributed by atoms with Crippen molar-refractivity contribution in [2.45, 2.75) is 13.5 Å². The van der Waals surface area contributed by atoms with Gasteiger partial charge in [0.15, 0.2) is 5.76 Å². The molecule has 0 saturated heterocycles. The predicted octanol–water partition coefficient (Wildman–Crippen LogP) is 3.67. The highest BCUT2D eigenvalue weighted by molar-refractivity contribution is 5.94. The van der Waals surface area contributed by atoms with Crippen LogP contribution in [0.2, 0.25) is 0 Å². The van der Waals surface area contributed by atoms with Crippen LogP contribution in [0, 0.1) is 0 Å². The van der Waals surface area contributed by atoms with Gasteiger partial charge in [-0.3, -0.25) is 4.79 Å². The average Bonchev–Trinajstić information content (AvgIpc) is 3.10. The summed E-state index contributed by atoms with van der Waals surface area (Å²) in [6, 6.07) is 18.6. The smallest absolute Gasteiger partial charge is 0.251 e. The van der Waals surface area contributed by atoms with Crippen LogP contribution in [0.3, 0.4) is 0 Å². The van der Waals surface area contributed by atoms with Gasteiger partial charge < -0.3 is 14.6 Å². The molecule has 2 aromatic carbocycles. The second-order valence-corrected chi connectivity index (χ2v) is 5.19. The summed E-state index contributed by atoms with van der Waals surface area (Å²) in [6.45, 7) is 2.83. The second-order valence-electron chi connectivity index (χ2n) is 5.19. The van der Waals surface area contributed by atoms with E-state index >= 15 is 0 Å². The van der Waals surface area contributed by atoms with E-state index in [9.17, 15) is 4.79 Å². The number of amides is 1. The third kappa shape index (κ3) is 3.81. The number of nitrogens with zero attached hydrogens (tertiary/aromatic N) is 1. The molecule has 0 aliphatic rings. The van der Waals surface area contributed by atoms with Crippen LogP contribution in [0.5, 0.6) is 5.75 Å². The maximum absolute atomic E-state index is 12.2. The Kier molecular flexibility index (Phi) is 4.91. The first-order chi connectivity index (χ1) is 11.8. The second kappa shape index (κ2) is 7.46. The Hall–Kier alpha value is -3.08. The molecule has 0 radical (unpaired) electrons. The van der Waals surface area contributed by atoms with Crippen LogP contribution in [0.4, 0.5) is 0 Å². The molecule has 1 heterocycles. The molecule has 5 heteroatoms. The number of aromatic nitrogens is 1. The first-order valence-corrected chi connectivity index (χ1v) is 7.78. The lowest BCUT2D eigenvalue weighted by atomic mass is 10.1. The van der Waals surface area contributed by atoms with Gasteiger partial charge in [-0.05, 0) is 31.2 Å². The number of hydrogen-bond acceptors (Lipinski definition) is 4. The maximum atomic E-state index is 12.2. The van der Waals surface area contributed by atoms with Crippen LogP contribution in [0.15, 0.2) is 65.2 Å². The van der Waals surface area contributed by atoms with Gasteiger partial charge in [0.2, 0.25) is 0 Å². The molecule has 0 saturated carbocycles. The highest BCUT2D eigenvalue weighted by atomic mass is 16.5. The molecule has 0 aliphatic heterocycles. The van der Waals surface area contributed by atoms with Crippen LogP contribution < -0.4 is 10.1 Å². The number of ether oxygens (including phenoxy) is 1. The molecule has 3 aromatic rings. The summed E-state index contributed by atoms with van der Waals surface area (Å²) in [6.07, 6.45) is 0. The van der Waals surface area contributed by atoms with Crippen LogP contribution in [0.1, 0.15) is 23.0 Å². The molecule has 0 spiro atoms. The Bertz CT molecular complexity index is 795. The van der Waals surface area contributed by atoms with Gasteiger partial charge in [0, 0.05) is 17.2 Å². The first-order valence-electron chi connectivity index (χ1n) is 7.78. The van der Waals surface area contributed by atoms with Gasteiger partial charge in [-0.25, -0.2) is 0 Å². The van der Waals surface area contributed by atoms with Crippen molar-refractivity contribution in [1.29, 1.82) is 0 Å². The largest absolute Gasteiger partial charge is 0.494 e. The van der Waals surface area contributed by atoms with E-state index in [4.69, 9.17) is 9.26 Å². The SMILES string of the molecule is CCOc1ccc(C(=O)NCc2cc(-c3ccccc3)on2)cc1. The Morgan fingerprint density at radius 3 is 2.58 bits per heavy atom. The lowest BCUT2D eigenvalue weighted by Crippen LogP contribution is -2.22. The molecule has 0 fully saturated rings. The van der Waals surface area contributed by atoms with Crippen molar-refractivity contribution in [2.24, 2.45) is 0 Å². The van der Waals surface area contributed by atoms with Crippen molar-refractivity contribution < 1.29 is 14.1 Å². The molecule has 5 nitrogen and oxygen atoms in total. The summed E-state index contributed by atoms with van der Waals surface area (Å²) < 4.78 is 10.7. The van der Waals surface area contributed by atoms with E-state index < -0.39 is 0 Å². The van der Waals surface area contributed by atoms with E-state index in [-0.39, 0.29) is 5.91 Å². The number of carbonyl (C=O) groups excluding carboxylic acids is 1. The number of carbonyl (C=O) groups is 1. The minimum Gasteiger partial charge on any atom is -0.494 e. The Balaban J connectivity index is 1.59. The van der Waals surface area contributed by atoms with Gasteiger partial charge in [0.1, 0.15) is 11.4 Å². The molecule has 0 bridgehead atoms. The summed E-state index contributed by atoms with van der Waals surface area (Å²) in [4.78, 5) is 12.2. The van der Waals surface area contributed by atoms with Gasteiger partial charge in [-0.1, -0.05) is 35.5 Å². The van der Waals surface area contributed by atoms with E-state index in [0.717, 1.165) is 11.3 Å². The van der Waals surface area contributed by atoms with Crippen molar-refractivity contribution in [2.75, 3.05) is 6.61 Å². The highest BCUT2D eigenvalue weighted by Crippen LogP contribution is 2.19. The normalized spacial score (nSPS) is 10.4. The molecule has 1 aromatic heterocycles. The first kappa shape index (κ1) is 15.8. The number of hydrogen-bond donors (Lipinski definition) is 1. The molecule has 122 valence electrons. The summed E-state index contributed by atoms with van der Waals surface area (Å²) in [7, 11) is 0. The van der Waals surface area contributed by atoms with E-state index in [1.165, 1.54) is 0 Å². The zero-order valence-electron chi connectivity index (χ0n) is 13.4. The monoisotopic (exact) mass is 322 g/mol. The fourth-order valence-electron chi connectivity index (χ4n) is 2.28. The highest BCUT2D eigenvalue weighted by Gasteiger charge is 2.09. The predicted molar refractivity (Wildman–Crippen MR) is 90.7 cm³/mol. The molecule has 0 unspecified atom stereocenters. The topological polar surface area (TPSA) is 64.4 Å².